The molecule has 1 aromatic carbocycles. The average Bonchev–Trinajstić information content (AvgIpc) is 2.54. The SMILES string of the molecule is C=CCc1cc(C)ccc1OCCC(C(=O)OCC)C(=O)OCC. The Labute approximate surface area is 143 Å². The van der Waals surface area contributed by atoms with Crippen LogP contribution < -0.4 is 4.74 Å². The van der Waals surface area contributed by atoms with Gasteiger partial charge in [0.2, 0.25) is 0 Å². The molecule has 0 heterocycles. The van der Waals surface area contributed by atoms with Crippen LogP contribution in [0, 0.1) is 12.8 Å². The predicted molar refractivity (Wildman–Crippen MR) is 91.9 cm³/mol. The van der Waals surface area contributed by atoms with Crippen LogP contribution in [0.1, 0.15) is 31.4 Å². The van der Waals surface area contributed by atoms with Crippen LogP contribution in [-0.4, -0.2) is 31.8 Å². The minimum absolute atomic E-state index is 0.207. The molecule has 0 saturated carbocycles. The quantitative estimate of drug-likeness (QED) is 0.373. The van der Waals surface area contributed by atoms with E-state index >= 15 is 0 Å². The van der Waals surface area contributed by atoms with Gasteiger partial charge in [-0.2, -0.15) is 0 Å². The van der Waals surface area contributed by atoms with Gasteiger partial charge in [0, 0.05) is 6.42 Å². The first-order valence-electron chi connectivity index (χ1n) is 8.19. The van der Waals surface area contributed by atoms with Crippen molar-refractivity contribution in [3.8, 4) is 5.75 Å². The summed E-state index contributed by atoms with van der Waals surface area (Å²) in [5.41, 5.74) is 2.16. The van der Waals surface area contributed by atoms with Crippen molar-refractivity contribution >= 4 is 11.9 Å². The second-order valence-electron chi connectivity index (χ2n) is 5.30. The fraction of sp³-hybridized carbons (Fsp3) is 0.474. The lowest BCUT2D eigenvalue weighted by atomic mass is 10.1. The van der Waals surface area contributed by atoms with E-state index in [1.807, 2.05) is 31.2 Å². The van der Waals surface area contributed by atoms with Crippen LogP contribution in [0.25, 0.3) is 0 Å². The van der Waals surface area contributed by atoms with E-state index in [1.165, 1.54) is 0 Å². The van der Waals surface area contributed by atoms with Gasteiger partial charge in [-0.1, -0.05) is 23.8 Å². The summed E-state index contributed by atoms with van der Waals surface area (Å²) in [7, 11) is 0. The van der Waals surface area contributed by atoms with Crippen molar-refractivity contribution in [3.63, 3.8) is 0 Å². The lowest BCUT2D eigenvalue weighted by Gasteiger charge is -2.16. The van der Waals surface area contributed by atoms with Gasteiger partial charge in [-0.15, -0.1) is 6.58 Å². The van der Waals surface area contributed by atoms with Gasteiger partial charge in [0.1, 0.15) is 5.75 Å². The Kier molecular flexibility index (Phi) is 8.61. The summed E-state index contributed by atoms with van der Waals surface area (Å²) in [6.07, 6.45) is 2.71. The molecule has 5 heteroatoms. The van der Waals surface area contributed by atoms with Gasteiger partial charge in [0.15, 0.2) is 5.92 Å². The summed E-state index contributed by atoms with van der Waals surface area (Å²) in [4.78, 5) is 23.8. The van der Waals surface area contributed by atoms with Gasteiger partial charge in [0.05, 0.1) is 19.8 Å². The molecule has 0 radical (unpaired) electrons. The standard InChI is InChI=1S/C19H26O5/c1-5-8-15-13-14(4)9-10-17(15)24-12-11-16(18(20)22-6-2)19(21)23-7-3/h5,9-10,13,16H,1,6-8,11-12H2,2-4H3. The Hall–Kier alpha value is -2.30. The van der Waals surface area contributed by atoms with Crippen molar-refractivity contribution in [2.45, 2.75) is 33.6 Å². The van der Waals surface area contributed by atoms with Crippen molar-refractivity contribution in [2.24, 2.45) is 5.92 Å². The monoisotopic (exact) mass is 334 g/mol. The third kappa shape index (κ3) is 6.07. The largest absolute Gasteiger partial charge is 0.493 e. The molecule has 0 bridgehead atoms. The van der Waals surface area contributed by atoms with Gasteiger partial charge in [-0.05, 0) is 38.8 Å². The number of ether oxygens (including phenoxy) is 3. The lowest BCUT2D eigenvalue weighted by Crippen LogP contribution is -2.29. The molecule has 0 saturated heterocycles. The maximum Gasteiger partial charge on any atom is 0.320 e. The molecule has 1 aromatic rings. The topological polar surface area (TPSA) is 61.8 Å². The molecular weight excluding hydrogens is 308 g/mol. The summed E-state index contributed by atoms with van der Waals surface area (Å²) < 4.78 is 15.7. The molecule has 0 aromatic heterocycles. The van der Waals surface area contributed by atoms with Crippen LogP contribution >= 0.6 is 0 Å². The average molecular weight is 334 g/mol. The Balaban J connectivity index is 2.72. The fourth-order valence-electron chi connectivity index (χ4n) is 2.27. The van der Waals surface area contributed by atoms with Crippen LogP contribution in [0.3, 0.4) is 0 Å². The molecule has 0 fully saturated rings. The molecular formula is C19H26O5. The van der Waals surface area contributed by atoms with E-state index < -0.39 is 17.9 Å². The van der Waals surface area contributed by atoms with Crippen molar-refractivity contribution < 1.29 is 23.8 Å². The highest BCUT2D eigenvalue weighted by Crippen LogP contribution is 2.22. The van der Waals surface area contributed by atoms with Crippen LogP contribution in [0.15, 0.2) is 30.9 Å². The van der Waals surface area contributed by atoms with Crippen molar-refractivity contribution in [1.82, 2.24) is 0 Å². The number of esters is 2. The Bertz CT molecular complexity index is 547. The predicted octanol–water partition coefficient (Wildman–Crippen LogP) is 3.23. The number of carbonyl (C=O) groups is 2. The summed E-state index contributed by atoms with van der Waals surface area (Å²) >= 11 is 0. The van der Waals surface area contributed by atoms with Gasteiger partial charge in [-0.3, -0.25) is 9.59 Å². The molecule has 5 nitrogen and oxygen atoms in total. The van der Waals surface area contributed by atoms with Crippen molar-refractivity contribution in [1.29, 1.82) is 0 Å². The molecule has 0 aliphatic rings. The maximum atomic E-state index is 11.9. The first-order valence-corrected chi connectivity index (χ1v) is 8.19. The summed E-state index contributed by atoms with van der Waals surface area (Å²) in [6.45, 7) is 9.81. The van der Waals surface area contributed by atoms with E-state index in [0.717, 1.165) is 16.9 Å². The van der Waals surface area contributed by atoms with E-state index in [4.69, 9.17) is 14.2 Å². The molecule has 0 unspecified atom stereocenters. The molecule has 24 heavy (non-hydrogen) atoms. The second kappa shape index (κ2) is 10.5. The molecule has 0 N–H and O–H groups in total. The Morgan fingerprint density at radius 3 is 2.33 bits per heavy atom. The number of hydrogen-bond donors (Lipinski definition) is 0. The first kappa shape index (κ1) is 19.7. The highest BCUT2D eigenvalue weighted by atomic mass is 16.6. The zero-order valence-electron chi connectivity index (χ0n) is 14.7. The second-order valence-corrected chi connectivity index (χ2v) is 5.30. The zero-order valence-corrected chi connectivity index (χ0v) is 14.7. The van der Waals surface area contributed by atoms with E-state index in [1.54, 1.807) is 13.8 Å². The van der Waals surface area contributed by atoms with Gasteiger partial charge >= 0.3 is 11.9 Å². The highest BCUT2D eigenvalue weighted by molar-refractivity contribution is 5.94. The third-order valence-corrected chi connectivity index (χ3v) is 3.39. The number of allylic oxidation sites excluding steroid dienone is 1. The number of rotatable bonds is 10. The summed E-state index contributed by atoms with van der Waals surface area (Å²) in [5.74, 6) is -1.38. The van der Waals surface area contributed by atoms with Gasteiger partial charge in [0.25, 0.3) is 0 Å². The molecule has 1 rings (SSSR count). The third-order valence-electron chi connectivity index (χ3n) is 3.39. The molecule has 0 atom stereocenters. The highest BCUT2D eigenvalue weighted by Gasteiger charge is 2.29. The number of carbonyl (C=O) groups excluding carboxylic acids is 2. The van der Waals surface area contributed by atoms with Crippen molar-refractivity contribution in [3.05, 3.63) is 42.0 Å². The van der Waals surface area contributed by atoms with Crippen LogP contribution in [0.4, 0.5) is 0 Å². The minimum Gasteiger partial charge on any atom is -0.493 e. The molecule has 0 amide bonds. The minimum atomic E-state index is -0.960. The van der Waals surface area contributed by atoms with E-state index in [9.17, 15) is 9.59 Å². The van der Waals surface area contributed by atoms with Gasteiger partial charge < -0.3 is 14.2 Å². The fourth-order valence-corrected chi connectivity index (χ4v) is 2.27. The van der Waals surface area contributed by atoms with E-state index in [0.29, 0.717) is 6.42 Å². The summed E-state index contributed by atoms with van der Waals surface area (Å²) in [6, 6.07) is 5.87. The molecule has 132 valence electrons. The molecule has 0 spiro atoms. The smallest absolute Gasteiger partial charge is 0.320 e. The number of benzene rings is 1. The normalized spacial score (nSPS) is 10.3. The Morgan fingerprint density at radius 1 is 1.17 bits per heavy atom. The van der Waals surface area contributed by atoms with Crippen molar-refractivity contribution in [2.75, 3.05) is 19.8 Å². The van der Waals surface area contributed by atoms with E-state index in [-0.39, 0.29) is 26.2 Å². The number of aryl methyl sites for hydroxylation is 1. The zero-order chi connectivity index (χ0) is 17.9. The number of hydrogen-bond acceptors (Lipinski definition) is 5. The van der Waals surface area contributed by atoms with E-state index in [2.05, 4.69) is 6.58 Å². The molecule has 0 aliphatic heterocycles. The van der Waals surface area contributed by atoms with Crippen LogP contribution in [0.5, 0.6) is 5.75 Å². The Morgan fingerprint density at radius 2 is 1.79 bits per heavy atom. The van der Waals surface area contributed by atoms with Gasteiger partial charge in [-0.25, -0.2) is 0 Å². The molecule has 0 aliphatic carbocycles. The summed E-state index contributed by atoms with van der Waals surface area (Å²) in [5, 5.41) is 0. The van der Waals surface area contributed by atoms with Crippen LogP contribution in [0.2, 0.25) is 0 Å². The lowest BCUT2D eigenvalue weighted by molar-refractivity contribution is -0.162. The van der Waals surface area contributed by atoms with Crippen LogP contribution in [-0.2, 0) is 25.5 Å². The maximum absolute atomic E-state index is 11.9. The first-order chi connectivity index (χ1) is 11.5.